The van der Waals surface area contributed by atoms with Crippen LogP contribution in [0.3, 0.4) is 0 Å². The number of aliphatic hydroxyl groups is 1. The van der Waals surface area contributed by atoms with E-state index in [0.29, 0.717) is 32.6 Å². The predicted molar refractivity (Wildman–Crippen MR) is 99.6 cm³/mol. The van der Waals surface area contributed by atoms with Gasteiger partial charge in [-0.3, -0.25) is 0 Å². The number of aliphatic hydroxyl groups excluding tert-OH is 1. The fourth-order valence-corrected chi connectivity index (χ4v) is 3.90. The van der Waals surface area contributed by atoms with Gasteiger partial charge in [-0.2, -0.15) is 0 Å². The number of carbonyl (C=O) groups excluding carboxylic acids is 1. The van der Waals surface area contributed by atoms with Crippen LogP contribution in [0, 0.1) is 22.1 Å². The van der Waals surface area contributed by atoms with Crippen molar-refractivity contribution in [1.29, 1.82) is 0 Å². The smallest absolute Gasteiger partial charge is 0.339 e. The summed E-state index contributed by atoms with van der Waals surface area (Å²) in [7, 11) is 1.21. The lowest BCUT2D eigenvalue weighted by molar-refractivity contribution is -0.150. The van der Waals surface area contributed by atoms with Gasteiger partial charge in [0.05, 0.1) is 7.11 Å². The Balaban J connectivity index is 2.05. The van der Waals surface area contributed by atoms with Crippen LogP contribution in [0.1, 0.15) is 22.9 Å². The van der Waals surface area contributed by atoms with Gasteiger partial charge >= 0.3 is 5.97 Å². The van der Waals surface area contributed by atoms with Gasteiger partial charge in [0.2, 0.25) is 0 Å². The number of rotatable bonds is 4. The molecule has 136 valence electrons. The highest BCUT2D eigenvalue weighted by Crippen LogP contribution is 2.31. The zero-order valence-corrected chi connectivity index (χ0v) is 16.1. The summed E-state index contributed by atoms with van der Waals surface area (Å²) in [6.45, 7) is 2.00. The van der Waals surface area contributed by atoms with Gasteiger partial charge in [0, 0.05) is 33.0 Å². The third-order valence-corrected chi connectivity index (χ3v) is 5.27. The molecular weight excluding hydrogens is 457 g/mol. The first-order valence-corrected chi connectivity index (χ1v) is 8.76. The highest BCUT2D eigenvalue weighted by Gasteiger charge is 2.25. The summed E-state index contributed by atoms with van der Waals surface area (Å²) in [5.74, 6) is -2.55. The number of hydrogen-bond acceptors (Lipinski definition) is 4. The Morgan fingerprint density at radius 3 is 2.73 bits per heavy atom. The molecule has 3 rings (SSSR count). The fourth-order valence-electron chi connectivity index (χ4n) is 2.79. The summed E-state index contributed by atoms with van der Waals surface area (Å²) in [5.41, 5.74) is 2.10. The van der Waals surface area contributed by atoms with Crippen molar-refractivity contribution in [2.75, 3.05) is 7.11 Å². The number of carbonyl (C=O) groups is 1. The first-order valence-electron chi connectivity index (χ1n) is 7.68. The number of ether oxygens (including phenoxy) is 1. The Kier molecular flexibility index (Phi) is 5.24. The second-order valence-electron chi connectivity index (χ2n) is 5.78. The highest BCUT2D eigenvalue weighted by atomic mass is 127. The van der Waals surface area contributed by atoms with Crippen molar-refractivity contribution in [3.05, 3.63) is 62.5 Å². The number of benzene rings is 1. The largest absolute Gasteiger partial charge is 0.467 e. The Morgan fingerprint density at radius 1 is 1.35 bits per heavy atom. The number of pyridine rings is 1. The average Bonchev–Trinajstić information content (AvgIpc) is 3.00. The van der Waals surface area contributed by atoms with Gasteiger partial charge in [-0.05, 0) is 53.3 Å². The molecule has 0 unspecified atom stereocenters. The molecule has 8 heteroatoms. The van der Waals surface area contributed by atoms with E-state index < -0.39 is 23.7 Å². The SMILES string of the molecule is COC(=O)[C@H](O)c1c(C)nc2c(ccn2Cc2ccc(F)c(F)c2)c1I. The number of nitrogens with zero attached hydrogens (tertiary/aromatic N) is 2. The molecule has 0 aliphatic heterocycles. The van der Waals surface area contributed by atoms with E-state index in [1.165, 1.54) is 13.2 Å². The molecule has 0 saturated heterocycles. The quantitative estimate of drug-likeness (QED) is 0.467. The second-order valence-corrected chi connectivity index (χ2v) is 6.86. The molecule has 0 saturated carbocycles. The van der Waals surface area contributed by atoms with Gasteiger partial charge in [-0.25, -0.2) is 18.6 Å². The minimum absolute atomic E-state index is 0.308. The predicted octanol–water partition coefficient (Wildman–Crippen LogP) is 3.48. The van der Waals surface area contributed by atoms with Gasteiger partial charge in [0.25, 0.3) is 0 Å². The molecule has 1 aromatic carbocycles. The molecule has 0 bridgehead atoms. The van der Waals surface area contributed by atoms with Crippen LogP contribution in [-0.2, 0) is 16.1 Å². The van der Waals surface area contributed by atoms with Crippen molar-refractivity contribution in [2.24, 2.45) is 0 Å². The third kappa shape index (κ3) is 3.30. The molecule has 0 aliphatic rings. The van der Waals surface area contributed by atoms with Gasteiger partial charge in [-0.1, -0.05) is 6.07 Å². The van der Waals surface area contributed by atoms with Crippen LogP contribution < -0.4 is 0 Å². The van der Waals surface area contributed by atoms with Crippen LogP contribution in [0.4, 0.5) is 8.78 Å². The van der Waals surface area contributed by atoms with Crippen LogP contribution in [0.25, 0.3) is 11.0 Å². The van der Waals surface area contributed by atoms with Gasteiger partial charge in [-0.15, -0.1) is 0 Å². The molecule has 0 radical (unpaired) electrons. The summed E-state index contributed by atoms with van der Waals surface area (Å²) in [6.07, 6.45) is 0.354. The molecule has 26 heavy (non-hydrogen) atoms. The molecule has 0 aliphatic carbocycles. The Labute approximate surface area is 161 Å². The number of aryl methyl sites for hydroxylation is 1. The topological polar surface area (TPSA) is 64.3 Å². The molecule has 0 amide bonds. The molecule has 1 N–H and O–H groups in total. The summed E-state index contributed by atoms with van der Waals surface area (Å²) in [4.78, 5) is 16.2. The molecule has 3 aromatic rings. The minimum atomic E-state index is -1.42. The average molecular weight is 472 g/mol. The Hall–Kier alpha value is -2.07. The van der Waals surface area contributed by atoms with Gasteiger partial charge in [0.15, 0.2) is 17.7 Å². The molecular formula is C18H15F2IN2O3. The van der Waals surface area contributed by atoms with E-state index in [9.17, 15) is 18.7 Å². The van der Waals surface area contributed by atoms with Crippen LogP contribution >= 0.6 is 22.6 Å². The number of fused-ring (bicyclic) bond motifs is 1. The fraction of sp³-hybridized carbons (Fsp3) is 0.222. The van der Waals surface area contributed by atoms with E-state index in [2.05, 4.69) is 32.3 Å². The van der Waals surface area contributed by atoms with E-state index in [1.807, 2.05) is 0 Å². The van der Waals surface area contributed by atoms with Crippen molar-refractivity contribution in [3.63, 3.8) is 0 Å². The van der Waals surface area contributed by atoms with E-state index in [0.717, 1.165) is 17.5 Å². The molecule has 5 nitrogen and oxygen atoms in total. The summed E-state index contributed by atoms with van der Waals surface area (Å²) in [6, 6.07) is 5.55. The maximum atomic E-state index is 13.4. The Bertz CT molecular complexity index is 1000. The zero-order chi connectivity index (χ0) is 19.0. The molecule has 2 aromatic heterocycles. The summed E-state index contributed by atoms with van der Waals surface area (Å²) in [5, 5.41) is 11.0. The molecule has 0 spiro atoms. The van der Waals surface area contributed by atoms with Crippen LogP contribution in [0.15, 0.2) is 30.5 Å². The lowest BCUT2D eigenvalue weighted by atomic mass is 10.1. The second kappa shape index (κ2) is 7.28. The van der Waals surface area contributed by atoms with Crippen molar-refractivity contribution in [2.45, 2.75) is 19.6 Å². The van der Waals surface area contributed by atoms with Crippen LogP contribution in [0.5, 0.6) is 0 Å². The third-order valence-electron chi connectivity index (χ3n) is 4.11. The lowest BCUT2D eigenvalue weighted by Gasteiger charge is -2.15. The van der Waals surface area contributed by atoms with Crippen molar-refractivity contribution >= 4 is 39.6 Å². The summed E-state index contributed by atoms with van der Waals surface area (Å²) < 4.78 is 33.6. The molecule has 2 heterocycles. The maximum absolute atomic E-state index is 13.4. The first-order chi connectivity index (χ1) is 12.3. The van der Waals surface area contributed by atoms with E-state index in [-0.39, 0.29) is 0 Å². The number of aromatic nitrogens is 2. The van der Waals surface area contributed by atoms with Crippen LogP contribution in [-0.4, -0.2) is 27.7 Å². The van der Waals surface area contributed by atoms with E-state index in [4.69, 9.17) is 0 Å². The zero-order valence-electron chi connectivity index (χ0n) is 14.0. The van der Waals surface area contributed by atoms with Crippen molar-refractivity contribution in [3.8, 4) is 0 Å². The van der Waals surface area contributed by atoms with Crippen molar-refractivity contribution in [1.82, 2.24) is 9.55 Å². The highest BCUT2D eigenvalue weighted by molar-refractivity contribution is 14.1. The van der Waals surface area contributed by atoms with Crippen LogP contribution in [0.2, 0.25) is 0 Å². The van der Waals surface area contributed by atoms with Crippen molar-refractivity contribution < 1.29 is 23.4 Å². The number of halogens is 3. The summed E-state index contributed by atoms with van der Waals surface area (Å²) >= 11 is 2.05. The number of esters is 1. The Morgan fingerprint density at radius 2 is 2.08 bits per heavy atom. The normalized spacial score (nSPS) is 12.4. The number of methoxy groups -OCH3 is 1. The first kappa shape index (κ1) is 18.7. The monoisotopic (exact) mass is 472 g/mol. The lowest BCUT2D eigenvalue weighted by Crippen LogP contribution is -2.17. The van der Waals surface area contributed by atoms with E-state index >= 15 is 0 Å². The maximum Gasteiger partial charge on any atom is 0.339 e. The van der Waals surface area contributed by atoms with E-state index in [1.54, 1.807) is 23.8 Å². The number of hydrogen-bond donors (Lipinski definition) is 1. The molecule has 0 fully saturated rings. The van der Waals surface area contributed by atoms with Gasteiger partial charge in [0.1, 0.15) is 5.65 Å². The standard InChI is InChI=1S/C18H15F2IN2O3/c1-9-14(16(24)18(25)26-2)15(21)11-5-6-23(17(11)22-9)8-10-3-4-12(19)13(20)7-10/h3-7,16,24H,8H2,1-2H3/t16-/m1/s1. The minimum Gasteiger partial charge on any atom is -0.467 e. The molecule has 1 atom stereocenters. The van der Waals surface area contributed by atoms with Gasteiger partial charge < -0.3 is 14.4 Å².